The number of amides is 1. The van der Waals surface area contributed by atoms with Crippen LogP contribution < -0.4 is 10.1 Å². The Morgan fingerprint density at radius 3 is 2.73 bits per heavy atom. The van der Waals surface area contributed by atoms with Crippen LogP contribution in [0.3, 0.4) is 0 Å². The molecular weight excluding hydrogens is 411 g/mol. The second-order valence-corrected chi connectivity index (χ2v) is 8.70. The summed E-state index contributed by atoms with van der Waals surface area (Å²) in [5.74, 6) is 1.45. The van der Waals surface area contributed by atoms with Gasteiger partial charge in [-0.25, -0.2) is 0 Å². The van der Waals surface area contributed by atoms with Crippen LogP contribution in [-0.4, -0.2) is 53.7 Å². The number of nitrogens with one attached hydrogen (secondary N) is 1. The van der Waals surface area contributed by atoms with Crippen LogP contribution in [-0.2, 0) is 5.21 Å². The number of hydrogen-bond acceptors (Lipinski definition) is 3. The van der Waals surface area contributed by atoms with Gasteiger partial charge in [0.1, 0.15) is 0 Å². The molecule has 0 aliphatic heterocycles. The standard InChI is InChI=1S/C20H25AsClN2O2/c1-21-14-16-12-15(20(25)23-10-5-11-24(2)3)8-9-19(16)26-18-7-4-6-17(22)13-18/h4,6-9,12-13H,5,10-11,14H2,1-3H3,(H,23,25). The average molecular weight is 436 g/mol. The Kier molecular flexibility index (Phi) is 8.50. The first kappa shape index (κ1) is 20.8. The molecule has 0 bridgehead atoms. The van der Waals surface area contributed by atoms with E-state index in [4.69, 9.17) is 16.3 Å². The topological polar surface area (TPSA) is 41.6 Å². The van der Waals surface area contributed by atoms with Gasteiger partial charge < -0.3 is 0 Å². The monoisotopic (exact) mass is 435 g/mol. The number of halogens is 1. The second-order valence-electron chi connectivity index (χ2n) is 6.27. The molecule has 1 radical (unpaired) electrons. The van der Waals surface area contributed by atoms with Crippen LogP contribution in [0.4, 0.5) is 0 Å². The Labute approximate surface area is 167 Å². The summed E-state index contributed by atoms with van der Waals surface area (Å²) < 4.78 is 6.00. The molecule has 0 aliphatic carbocycles. The first-order chi connectivity index (χ1) is 12.5. The van der Waals surface area contributed by atoms with Crippen molar-refractivity contribution in [1.29, 1.82) is 0 Å². The molecule has 0 fully saturated rings. The van der Waals surface area contributed by atoms with Crippen LogP contribution in [0.1, 0.15) is 22.3 Å². The quantitative estimate of drug-likeness (QED) is 0.477. The van der Waals surface area contributed by atoms with Crippen LogP contribution in [0.15, 0.2) is 42.5 Å². The molecule has 2 aromatic rings. The molecule has 4 nitrogen and oxygen atoms in total. The number of ether oxygens (including phenoxy) is 1. The minimum atomic E-state index is -0.0355. The molecular formula is C20H25AsClN2O2. The molecule has 0 atom stereocenters. The third kappa shape index (κ3) is 6.68. The van der Waals surface area contributed by atoms with Gasteiger partial charge in [-0.05, 0) is 0 Å². The molecule has 6 heteroatoms. The molecule has 1 N–H and O–H groups in total. The molecule has 2 aromatic carbocycles. The Morgan fingerprint density at radius 2 is 2.04 bits per heavy atom. The molecule has 2 rings (SSSR count). The number of carbonyl (C=O) groups is 1. The van der Waals surface area contributed by atoms with E-state index in [0.29, 0.717) is 22.9 Å². The molecule has 0 saturated heterocycles. The van der Waals surface area contributed by atoms with Crippen molar-refractivity contribution in [1.82, 2.24) is 10.2 Å². The summed E-state index contributed by atoms with van der Waals surface area (Å²) >= 11 is 6.20. The van der Waals surface area contributed by atoms with Crippen molar-refractivity contribution in [3.8, 4) is 11.5 Å². The van der Waals surface area contributed by atoms with E-state index in [1.165, 1.54) is 0 Å². The van der Waals surface area contributed by atoms with Crippen molar-refractivity contribution in [2.24, 2.45) is 0 Å². The van der Waals surface area contributed by atoms with E-state index in [2.05, 4.69) is 15.9 Å². The summed E-state index contributed by atoms with van der Waals surface area (Å²) in [6.45, 7) is 1.63. The Bertz CT molecular complexity index is 738. The first-order valence-electron chi connectivity index (χ1n) is 8.54. The van der Waals surface area contributed by atoms with Gasteiger partial charge in [0.15, 0.2) is 0 Å². The Morgan fingerprint density at radius 1 is 1.23 bits per heavy atom. The summed E-state index contributed by atoms with van der Waals surface area (Å²) in [5.41, 5.74) is 3.94. The first-order valence-corrected chi connectivity index (χ1v) is 12.1. The number of carbonyl (C=O) groups excluding carboxylic acids is 1. The van der Waals surface area contributed by atoms with Crippen molar-refractivity contribution in [3.63, 3.8) is 0 Å². The molecule has 0 spiro atoms. The number of rotatable bonds is 9. The molecule has 0 heterocycles. The van der Waals surface area contributed by atoms with Gasteiger partial charge in [-0.2, -0.15) is 0 Å². The van der Waals surface area contributed by atoms with Crippen molar-refractivity contribution in [2.75, 3.05) is 27.2 Å². The van der Waals surface area contributed by atoms with Gasteiger partial charge in [-0.3, -0.25) is 0 Å². The van der Waals surface area contributed by atoms with E-state index < -0.39 is 0 Å². The average Bonchev–Trinajstić information content (AvgIpc) is 2.60. The molecule has 0 saturated carbocycles. The van der Waals surface area contributed by atoms with Gasteiger partial charge in [0.2, 0.25) is 0 Å². The Hall–Kier alpha value is -1.48. The van der Waals surface area contributed by atoms with Crippen LogP contribution >= 0.6 is 11.6 Å². The molecule has 0 unspecified atom stereocenters. The molecule has 1 amide bonds. The van der Waals surface area contributed by atoms with Gasteiger partial charge in [0, 0.05) is 0 Å². The molecule has 0 aromatic heterocycles. The van der Waals surface area contributed by atoms with Gasteiger partial charge in [-0.15, -0.1) is 0 Å². The van der Waals surface area contributed by atoms with E-state index in [1.807, 2.05) is 50.5 Å². The summed E-state index contributed by atoms with van der Waals surface area (Å²) in [5, 5.41) is 4.56. The van der Waals surface area contributed by atoms with Crippen molar-refractivity contribution in [3.05, 3.63) is 58.6 Å². The summed E-state index contributed by atoms with van der Waals surface area (Å²) in [6.07, 6.45) is 0.932. The normalized spacial score (nSPS) is 11.3. The fourth-order valence-corrected chi connectivity index (χ4v) is 3.88. The summed E-state index contributed by atoms with van der Waals surface area (Å²) in [4.78, 5) is 14.5. The minimum absolute atomic E-state index is 0.0355. The fourth-order valence-electron chi connectivity index (χ4n) is 2.47. The Balaban J connectivity index is 2.08. The second kappa shape index (κ2) is 10.6. The number of nitrogens with zero attached hydrogens (tertiary/aromatic N) is 1. The van der Waals surface area contributed by atoms with E-state index in [1.54, 1.807) is 6.07 Å². The van der Waals surface area contributed by atoms with Crippen molar-refractivity contribution >= 4 is 33.3 Å². The van der Waals surface area contributed by atoms with Crippen LogP contribution in [0.5, 0.6) is 11.5 Å². The third-order valence-electron chi connectivity index (χ3n) is 3.74. The van der Waals surface area contributed by atoms with E-state index in [0.717, 1.165) is 29.5 Å². The fraction of sp³-hybridized carbons (Fsp3) is 0.350. The van der Waals surface area contributed by atoms with Gasteiger partial charge in [0.05, 0.1) is 0 Å². The maximum atomic E-state index is 12.4. The van der Waals surface area contributed by atoms with Crippen molar-refractivity contribution < 1.29 is 9.53 Å². The van der Waals surface area contributed by atoms with Gasteiger partial charge >= 0.3 is 168 Å². The SMILES string of the molecule is C[As]Cc1cc(C(=O)NCCCN(C)C)ccc1Oc1cccc(Cl)c1. The van der Waals surface area contributed by atoms with Crippen LogP contribution in [0.25, 0.3) is 0 Å². The summed E-state index contributed by atoms with van der Waals surface area (Å²) in [6, 6.07) is 13.0. The predicted octanol–water partition coefficient (Wildman–Crippen LogP) is 4.07. The third-order valence-corrected chi connectivity index (χ3v) is 5.36. The molecule has 139 valence electrons. The van der Waals surface area contributed by atoms with E-state index in [9.17, 15) is 4.79 Å². The summed E-state index contributed by atoms with van der Waals surface area (Å²) in [7, 11) is 4.06. The van der Waals surface area contributed by atoms with Crippen LogP contribution in [0.2, 0.25) is 10.7 Å². The predicted molar refractivity (Wildman–Crippen MR) is 109 cm³/mol. The molecule has 26 heavy (non-hydrogen) atoms. The zero-order chi connectivity index (χ0) is 18.9. The number of hydrogen-bond donors (Lipinski definition) is 1. The molecule has 0 aliphatic rings. The number of benzene rings is 2. The van der Waals surface area contributed by atoms with Gasteiger partial charge in [-0.1, -0.05) is 0 Å². The zero-order valence-corrected chi connectivity index (χ0v) is 18.1. The van der Waals surface area contributed by atoms with Crippen molar-refractivity contribution in [2.45, 2.75) is 17.3 Å². The van der Waals surface area contributed by atoms with E-state index in [-0.39, 0.29) is 21.7 Å². The van der Waals surface area contributed by atoms with E-state index >= 15 is 0 Å². The zero-order valence-electron chi connectivity index (χ0n) is 15.5. The maximum absolute atomic E-state index is 12.4. The van der Waals surface area contributed by atoms with Crippen LogP contribution in [0, 0.1) is 0 Å². The van der Waals surface area contributed by atoms with Gasteiger partial charge in [0.25, 0.3) is 0 Å².